The molecule has 2 aromatic rings. The Morgan fingerprint density at radius 2 is 2.08 bits per heavy atom. The third-order valence-electron chi connectivity index (χ3n) is 2.26. The second-order valence-corrected chi connectivity index (χ2v) is 3.10. The van der Waals surface area contributed by atoms with Crippen LogP contribution in [0.2, 0.25) is 0 Å². The smallest absolute Gasteiger partial charge is 0.0705 e. The summed E-state index contributed by atoms with van der Waals surface area (Å²) in [5.74, 6) is 0. The zero-order chi connectivity index (χ0) is 9.26. The molecule has 1 N–H and O–H groups in total. The number of aromatic nitrogens is 1. The van der Waals surface area contributed by atoms with Crippen LogP contribution in [0, 0.1) is 6.92 Å². The van der Waals surface area contributed by atoms with Gasteiger partial charge in [0.05, 0.1) is 12.1 Å². The number of nitrogens with zero attached hydrogens (tertiary/aromatic N) is 1. The lowest BCUT2D eigenvalue weighted by molar-refractivity contribution is 0.282. The highest BCUT2D eigenvalue weighted by Gasteiger charge is 2.02. The van der Waals surface area contributed by atoms with Crippen LogP contribution in [-0.2, 0) is 6.61 Å². The Labute approximate surface area is 76.9 Å². The molecule has 1 aromatic heterocycles. The van der Waals surface area contributed by atoms with Crippen molar-refractivity contribution in [2.24, 2.45) is 0 Å². The predicted octanol–water partition coefficient (Wildman–Crippen LogP) is 2.04. The number of hydrogen-bond donors (Lipinski definition) is 1. The molecular formula is C11H11NO. The minimum absolute atomic E-state index is 0.0782. The van der Waals surface area contributed by atoms with Gasteiger partial charge in [0, 0.05) is 11.6 Å². The maximum Gasteiger partial charge on any atom is 0.0705 e. The first-order valence-electron chi connectivity index (χ1n) is 4.27. The van der Waals surface area contributed by atoms with Gasteiger partial charge in [0.1, 0.15) is 0 Å². The minimum atomic E-state index is 0.0782. The summed E-state index contributed by atoms with van der Waals surface area (Å²) in [5, 5.41) is 10.2. The molecule has 0 aliphatic carbocycles. The Morgan fingerprint density at radius 1 is 1.31 bits per heavy atom. The number of aliphatic hydroxyl groups excluding tert-OH is 1. The van der Waals surface area contributed by atoms with Gasteiger partial charge >= 0.3 is 0 Å². The molecule has 0 amide bonds. The number of aryl methyl sites for hydroxylation is 1. The Hall–Kier alpha value is -1.41. The number of pyridine rings is 1. The number of rotatable bonds is 1. The van der Waals surface area contributed by atoms with Crippen LogP contribution in [0.25, 0.3) is 10.9 Å². The fourth-order valence-electron chi connectivity index (χ4n) is 1.51. The van der Waals surface area contributed by atoms with Crippen molar-refractivity contribution in [3.8, 4) is 0 Å². The molecule has 0 bridgehead atoms. The van der Waals surface area contributed by atoms with E-state index in [1.165, 1.54) is 0 Å². The molecule has 1 aromatic carbocycles. The summed E-state index contributed by atoms with van der Waals surface area (Å²) in [4.78, 5) is 4.28. The van der Waals surface area contributed by atoms with Crippen LogP contribution in [0.15, 0.2) is 30.5 Å². The summed E-state index contributed by atoms with van der Waals surface area (Å²) in [7, 11) is 0. The van der Waals surface area contributed by atoms with Crippen molar-refractivity contribution in [1.82, 2.24) is 4.98 Å². The normalized spacial score (nSPS) is 10.6. The van der Waals surface area contributed by atoms with Crippen molar-refractivity contribution >= 4 is 10.9 Å². The molecule has 0 saturated heterocycles. The van der Waals surface area contributed by atoms with Crippen molar-refractivity contribution in [2.45, 2.75) is 13.5 Å². The van der Waals surface area contributed by atoms with Crippen LogP contribution in [0.1, 0.15) is 11.1 Å². The molecule has 13 heavy (non-hydrogen) atoms. The molecule has 0 spiro atoms. The Bertz CT molecular complexity index is 437. The van der Waals surface area contributed by atoms with E-state index in [1.54, 1.807) is 6.20 Å². The Morgan fingerprint density at radius 3 is 2.85 bits per heavy atom. The van der Waals surface area contributed by atoms with Gasteiger partial charge in [0.25, 0.3) is 0 Å². The molecule has 0 fully saturated rings. The van der Waals surface area contributed by atoms with Gasteiger partial charge in [0.2, 0.25) is 0 Å². The fourth-order valence-corrected chi connectivity index (χ4v) is 1.51. The quantitative estimate of drug-likeness (QED) is 0.715. The molecule has 2 heteroatoms. The van der Waals surface area contributed by atoms with Gasteiger partial charge < -0.3 is 5.11 Å². The first kappa shape index (κ1) is 8.20. The molecule has 0 aliphatic rings. The summed E-state index contributed by atoms with van der Waals surface area (Å²) in [6.07, 6.45) is 1.80. The van der Waals surface area contributed by atoms with E-state index in [0.717, 1.165) is 22.0 Å². The summed E-state index contributed by atoms with van der Waals surface area (Å²) in [6, 6.07) is 7.85. The lowest BCUT2D eigenvalue weighted by atomic mass is 10.1. The minimum Gasteiger partial charge on any atom is -0.392 e. The van der Waals surface area contributed by atoms with Gasteiger partial charge in [-0.2, -0.15) is 0 Å². The highest BCUT2D eigenvalue weighted by atomic mass is 16.3. The molecule has 2 nitrogen and oxygen atoms in total. The van der Waals surface area contributed by atoms with Gasteiger partial charge in [-0.15, -0.1) is 0 Å². The molecular weight excluding hydrogens is 162 g/mol. The second kappa shape index (κ2) is 3.15. The largest absolute Gasteiger partial charge is 0.392 e. The first-order valence-corrected chi connectivity index (χ1v) is 4.27. The molecule has 66 valence electrons. The average Bonchev–Trinajstić information content (AvgIpc) is 2.18. The van der Waals surface area contributed by atoms with Crippen LogP contribution in [0.5, 0.6) is 0 Å². The number of para-hydroxylation sites is 1. The van der Waals surface area contributed by atoms with Gasteiger partial charge in [-0.25, -0.2) is 0 Å². The van der Waals surface area contributed by atoms with E-state index in [-0.39, 0.29) is 6.61 Å². The van der Waals surface area contributed by atoms with E-state index < -0.39 is 0 Å². The molecule has 1 heterocycles. The van der Waals surface area contributed by atoms with E-state index in [1.807, 2.05) is 31.2 Å². The van der Waals surface area contributed by atoms with E-state index in [2.05, 4.69) is 4.98 Å². The zero-order valence-electron chi connectivity index (χ0n) is 7.49. The van der Waals surface area contributed by atoms with E-state index >= 15 is 0 Å². The van der Waals surface area contributed by atoms with Crippen molar-refractivity contribution in [3.63, 3.8) is 0 Å². The van der Waals surface area contributed by atoms with E-state index in [4.69, 9.17) is 0 Å². The lowest BCUT2D eigenvalue weighted by Gasteiger charge is -2.05. The first-order chi connectivity index (χ1) is 6.33. The molecule has 0 unspecified atom stereocenters. The standard InChI is InChI=1S/C11H11NO/c1-8-6-12-11-5-3-2-4-9(11)10(8)7-13/h2-6,13H,7H2,1H3. The second-order valence-electron chi connectivity index (χ2n) is 3.10. The SMILES string of the molecule is Cc1cnc2ccccc2c1CO. The maximum atomic E-state index is 9.19. The number of aliphatic hydroxyl groups is 1. The fraction of sp³-hybridized carbons (Fsp3) is 0.182. The topological polar surface area (TPSA) is 33.1 Å². The third-order valence-corrected chi connectivity index (χ3v) is 2.26. The Kier molecular flexibility index (Phi) is 1.99. The van der Waals surface area contributed by atoms with E-state index in [0.29, 0.717) is 0 Å². The highest BCUT2D eigenvalue weighted by molar-refractivity contribution is 5.82. The zero-order valence-corrected chi connectivity index (χ0v) is 7.49. The highest BCUT2D eigenvalue weighted by Crippen LogP contribution is 2.19. The van der Waals surface area contributed by atoms with Gasteiger partial charge in [-0.05, 0) is 24.1 Å². The van der Waals surface area contributed by atoms with Crippen LogP contribution < -0.4 is 0 Å². The van der Waals surface area contributed by atoms with Gasteiger partial charge in [-0.3, -0.25) is 4.98 Å². The summed E-state index contributed by atoms with van der Waals surface area (Å²) in [6.45, 7) is 2.04. The predicted molar refractivity (Wildman–Crippen MR) is 52.4 cm³/mol. The summed E-state index contributed by atoms with van der Waals surface area (Å²) >= 11 is 0. The summed E-state index contributed by atoms with van der Waals surface area (Å²) < 4.78 is 0. The molecule has 0 radical (unpaired) electrons. The van der Waals surface area contributed by atoms with Crippen molar-refractivity contribution < 1.29 is 5.11 Å². The van der Waals surface area contributed by atoms with Crippen LogP contribution in [-0.4, -0.2) is 10.1 Å². The number of fused-ring (bicyclic) bond motifs is 1. The lowest BCUT2D eigenvalue weighted by Crippen LogP contribution is -1.92. The van der Waals surface area contributed by atoms with Crippen molar-refractivity contribution in [3.05, 3.63) is 41.6 Å². The van der Waals surface area contributed by atoms with Crippen LogP contribution in [0.4, 0.5) is 0 Å². The molecule has 0 saturated carbocycles. The van der Waals surface area contributed by atoms with E-state index in [9.17, 15) is 5.11 Å². The molecule has 0 aliphatic heterocycles. The number of benzene rings is 1. The Balaban J connectivity index is 2.84. The van der Waals surface area contributed by atoms with Crippen LogP contribution >= 0.6 is 0 Å². The number of hydrogen-bond acceptors (Lipinski definition) is 2. The average molecular weight is 173 g/mol. The van der Waals surface area contributed by atoms with Gasteiger partial charge in [0.15, 0.2) is 0 Å². The van der Waals surface area contributed by atoms with Crippen LogP contribution in [0.3, 0.4) is 0 Å². The maximum absolute atomic E-state index is 9.19. The monoisotopic (exact) mass is 173 g/mol. The van der Waals surface area contributed by atoms with Gasteiger partial charge in [-0.1, -0.05) is 18.2 Å². The van der Waals surface area contributed by atoms with Crippen molar-refractivity contribution in [2.75, 3.05) is 0 Å². The third kappa shape index (κ3) is 1.29. The van der Waals surface area contributed by atoms with Crippen molar-refractivity contribution in [1.29, 1.82) is 0 Å². The molecule has 0 atom stereocenters. The summed E-state index contributed by atoms with van der Waals surface area (Å²) in [5.41, 5.74) is 2.96. The molecule has 2 rings (SSSR count).